The highest BCUT2D eigenvalue weighted by molar-refractivity contribution is 5.94. The molecular formula is C19H21NO4. The van der Waals surface area contributed by atoms with Gasteiger partial charge in [0.05, 0.1) is 6.54 Å². The third-order valence-corrected chi connectivity index (χ3v) is 4.07. The second kappa shape index (κ2) is 6.17. The Kier molecular flexibility index (Phi) is 4.20. The van der Waals surface area contributed by atoms with Crippen molar-refractivity contribution in [3.63, 3.8) is 0 Å². The van der Waals surface area contributed by atoms with Crippen LogP contribution in [-0.2, 0) is 5.60 Å². The van der Waals surface area contributed by atoms with Crippen molar-refractivity contribution in [2.24, 2.45) is 0 Å². The predicted octanol–water partition coefficient (Wildman–Crippen LogP) is 2.67. The summed E-state index contributed by atoms with van der Waals surface area (Å²) in [6, 6.07) is 11.0. The smallest absolute Gasteiger partial charge is 0.251 e. The van der Waals surface area contributed by atoms with E-state index in [0.29, 0.717) is 22.6 Å². The highest BCUT2D eigenvalue weighted by Crippen LogP contribution is 2.35. The molecule has 1 atom stereocenters. The number of hydrogen-bond acceptors (Lipinski definition) is 4. The first-order valence-corrected chi connectivity index (χ1v) is 7.84. The third-order valence-electron chi connectivity index (χ3n) is 4.07. The first-order chi connectivity index (χ1) is 11.3. The average molecular weight is 327 g/mol. The molecule has 1 aliphatic rings. The maximum Gasteiger partial charge on any atom is 0.251 e. The van der Waals surface area contributed by atoms with Gasteiger partial charge in [-0.15, -0.1) is 0 Å². The fourth-order valence-corrected chi connectivity index (χ4v) is 2.79. The van der Waals surface area contributed by atoms with Crippen LogP contribution in [0.15, 0.2) is 36.4 Å². The quantitative estimate of drug-likeness (QED) is 0.906. The van der Waals surface area contributed by atoms with E-state index < -0.39 is 5.60 Å². The first kappa shape index (κ1) is 16.3. The van der Waals surface area contributed by atoms with Gasteiger partial charge in [-0.3, -0.25) is 4.79 Å². The monoisotopic (exact) mass is 327 g/mol. The topological polar surface area (TPSA) is 67.8 Å². The number of hydrogen-bond donors (Lipinski definition) is 2. The molecule has 0 aromatic heterocycles. The van der Waals surface area contributed by atoms with Crippen LogP contribution < -0.4 is 14.8 Å². The molecule has 0 spiro atoms. The lowest BCUT2D eigenvalue weighted by Gasteiger charge is -2.24. The highest BCUT2D eigenvalue weighted by Gasteiger charge is 2.26. The Labute approximate surface area is 141 Å². The van der Waals surface area contributed by atoms with E-state index in [1.165, 1.54) is 0 Å². The van der Waals surface area contributed by atoms with Gasteiger partial charge in [0.2, 0.25) is 6.79 Å². The largest absolute Gasteiger partial charge is 0.454 e. The zero-order valence-electron chi connectivity index (χ0n) is 14.1. The minimum Gasteiger partial charge on any atom is -0.454 e. The SMILES string of the molecule is Cc1cc(C)cc(C(=O)NCC(C)(O)c2ccc3c(c2)OCO3)c1. The number of ether oxygens (including phenoxy) is 2. The Morgan fingerprint density at radius 3 is 2.50 bits per heavy atom. The molecule has 0 fully saturated rings. The predicted molar refractivity (Wildman–Crippen MR) is 90.4 cm³/mol. The van der Waals surface area contributed by atoms with Gasteiger partial charge >= 0.3 is 0 Å². The number of amides is 1. The van der Waals surface area contributed by atoms with E-state index in [1.54, 1.807) is 25.1 Å². The number of benzene rings is 2. The molecule has 3 rings (SSSR count). The fraction of sp³-hybridized carbons (Fsp3) is 0.316. The molecule has 0 radical (unpaired) electrons. The summed E-state index contributed by atoms with van der Waals surface area (Å²) in [5, 5.41) is 13.5. The lowest BCUT2D eigenvalue weighted by Crippen LogP contribution is -2.38. The third kappa shape index (κ3) is 3.36. The zero-order valence-corrected chi connectivity index (χ0v) is 14.1. The average Bonchev–Trinajstić information content (AvgIpc) is 2.99. The molecule has 0 bridgehead atoms. The lowest BCUT2D eigenvalue weighted by molar-refractivity contribution is 0.0525. The molecule has 0 aliphatic carbocycles. The van der Waals surface area contributed by atoms with Gasteiger partial charge in [-0.2, -0.15) is 0 Å². The van der Waals surface area contributed by atoms with Crippen molar-refractivity contribution >= 4 is 5.91 Å². The zero-order chi connectivity index (χ0) is 17.3. The summed E-state index contributed by atoms with van der Waals surface area (Å²) in [5.41, 5.74) is 2.10. The summed E-state index contributed by atoms with van der Waals surface area (Å²) in [5.74, 6) is 1.06. The molecule has 1 aliphatic heterocycles. The first-order valence-electron chi connectivity index (χ1n) is 7.84. The van der Waals surface area contributed by atoms with Crippen LogP contribution in [0.25, 0.3) is 0 Å². The van der Waals surface area contributed by atoms with E-state index in [2.05, 4.69) is 5.32 Å². The van der Waals surface area contributed by atoms with Crippen LogP contribution in [0.3, 0.4) is 0 Å². The molecule has 2 aromatic carbocycles. The van der Waals surface area contributed by atoms with Crippen LogP contribution in [-0.4, -0.2) is 24.4 Å². The van der Waals surface area contributed by atoms with Gasteiger partial charge < -0.3 is 19.9 Å². The summed E-state index contributed by atoms with van der Waals surface area (Å²) in [4.78, 5) is 12.3. The fourth-order valence-electron chi connectivity index (χ4n) is 2.79. The van der Waals surface area contributed by atoms with Gasteiger partial charge in [-0.1, -0.05) is 23.3 Å². The Bertz CT molecular complexity index is 763. The minimum absolute atomic E-state index is 0.0957. The van der Waals surface area contributed by atoms with Crippen LogP contribution in [0.4, 0.5) is 0 Å². The van der Waals surface area contributed by atoms with Crippen LogP contribution in [0.1, 0.15) is 34.0 Å². The molecule has 0 saturated heterocycles. The van der Waals surface area contributed by atoms with Gasteiger partial charge in [-0.05, 0) is 50.6 Å². The summed E-state index contributed by atoms with van der Waals surface area (Å²) in [7, 11) is 0. The van der Waals surface area contributed by atoms with Gasteiger partial charge in [0.15, 0.2) is 11.5 Å². The number of rotatable bonds is 4. The Hall–Kier alpha value is -2.53. The molecule has 1 heterocycles. The molecule has 1 unspecified atom stereocenters. The lowest BCUT2D eigenvalue weighted by atomic mass is 9.95. The van der Waals surface area contributed by atoms with Crippen molar-refractivity contribution in [3.8, 4) is 11.5 Å². The van der Waals surface area contributed by atoms with Crippen LogP contribution in [0, 0.1) is 13.8 Å². The van der Waals surface area contributed by atoms with Crippen molar-refractivity contribution in [1.82, 2.24) is 5.32 Å². The molecule has 24 heavy (non-hydrogen) atoms. The van der Waals surface area contributed by atoms with Crippen molar-refractivity contribution < 1.29 is 19.4 Å². The summed E-state index contributed by atoms with van der Waals surface area (Å²) < 4.78 is 10.6. The summed E-state index contributed by atoms with van der Waals surface area (Å²) in [6.45, 7) is 5.84. The second-order valence-electron chi connectivity index (χ2n) is 6.40. The normalized spacial score (nSPS) is 15.0. The summed E-state index contributed by atoms with van der Waals surface area (Å²) in [6.07, 6.45) is 0. The van der Waals surface area contributed by atoms with Gasteiger partial charge in [0.25, 0.3) is 5.91 Å². The van der Waals surface area contributed by atoms with Gasteiger partial charge in [-0.25, -0.2) is 0 Å². The number of fused-ring (bicyclic) bond motifs is 1. The molecule has 5 nitrogen and oxygen atoms in total. The Balaban J connectivity index is 1.71. The number of carbonyl (C=O) groups excluding carboxylic acids is 1. The molecule has 126 valence electrons. The Morgan fingerprint density at radius 2 is 1.79 bits per heavy atom. The Morgan fingerprint density at radius 1 is 1.12 bits per heavy atom. The summed E-state index contributed by atoms with van der Waals surface area (Å²) >= 11 is 0. The molecular weight excluding hydrogens is 306 g/mol. The van der Waals surface area contributed by atoms with E-state index in [0.717, 1.165) is 11.1 Å². The number of aryl methyl sites for hydroxylation is 2. The van der Waals surface area contributed by atoms with Crippen LogP contribution in [0.5, 0.6) is 11.5 Å². The molecule has 2 N–H and O–H groups in total. The van der Waals surface area contributed by atoms with Crippen molar-refractivity contribution in [1.29, 1.82) is 0 Å². The van der Waals surface area contributed by atoms with E-state index in [4.69, 9.17) is 9.47 Å². The second-order valence-corrected chi connectivity index (χ2v) is 6.40. The molecule has 1 amide bonds. The van der Waals surface area contributed by atoms with Gasteiger partial charge in [0.1, 0.15) is 5.60 Å². The van der Waals surface area contributed by atoms with Crippen molar-refractivity contribution in [3.05, 3.63) is 58.7 Å². The van der Waals surface area contributed by atoms with Crippen LogP contribution >= 0.6 is 0 Å². The van der Waals surface area contributed by atoms with E-state index in [1.807, 2.05) is 32.0 Å². The van der Waals surface area contributed by atoms with E-state index >= 15 is 0 Å². The number of nitrogens with one attached hydrogen (secondary N) is 1. The molecule has 2 aromatic rings. The minimum atomic E-state index is -1.21. The number of aliphatic hydroxyl groups is 1. The van der Waals surface area contributed by atoms with Crippen molar-refractivity contribution in [2.45, 2.75) is 26.4 Å². The van der Waals surface area contributed by atoms with Crippen molar-refractivity contribution in [2.75, 3.05) is 13.3 Å². The molecule has 0 saturated carbocycles. The maximum absolute atomic E-state index is 12.3. The van der Waals surface area contributed by atoms with E-state index in [9.17, 15) is 9.90 Å². The van der Waals surface area contributed by atoms with Gasteiger partial charge in [0, 0.05) is 5.56 Å². The maximum atomic E-state index is 12.3. The van der Waals surface area contributed by atoms with E-state index in [-0.39, 0.29) is 19.2 Å². The standard InChI is InChI=1S/C19H21NO4/c1-12-6-13(2)8-14(7-12)18(21)20-10-19(3,22)15-4-5-16-17(9-15)24-11-23-16/h4-9,22H,10-11H2,1-3H3,(H,20,21). The number of carbonyl (C=O) groups is 1. The molecule has 5 heteroatoms. The van der Waals surface area contributed by atoms with Crippen LogP contribution in [0.2, 0.25) is 0 Å². The highest BCUT2D eigenvalue weighted by atomic mass is 16.7.